The lowest BCUT2D eigenvalue weighted by molar-refractivity contribution is -0.123. The molecule has 6 nitrogen and oxygen atoms in total. The third kappa shape index (κ3) is 3.39. The minimum Gasteiger partial charge on any atom is -0.336 e. The smallest absolute Gasteiger partial charge is 0.267 e. The van der Waals surface area contributed by atoms with Crippen molar-refractivity contribution in [1.29, 1.82) is 5.26 Å². The van der Waals surface area contributed by atoms with Crippen molar-refractivity contribution < 1.29 is 4.79 Å². The first-order chi connectivity index (χ1) is 11.5. The normalized spacial score (nSPS) is 15.8. The van der Waals surface area contributed by atoms with Gasteiger partial charge in [-0.25, -0.2) is 4.68 Å². The molecule has 7 heteroatoms. The van der Waals surface area contributed by atoms with Crippen LogP contribution >= 0.6 is 11.3 Å². The Balaban J connectivity index is 1.78. The predicted octanol–water partition coefficient (Wildman–Crippen LogP) is 2.23. The van der Waals surface area contributed by atoms with Crippen molar-refractivity contribution in [3.63, 3.8) is 0 Å². The average Bonchev–Trinajstić information content (AvgIpc) is 3.19. The fourth-order valence-electron chi connectivity index (χ4n) is 2.95. The van der Waals surface area contributed by atoms with E-state index < -0.39 is 5.54 Å². The molecule has 1 saturated carbocycles. The third-order valence-corrected chi connectivity index (χ3v) is 5.23. The summed E-state index contributed by atoms with van der Waals surface area (Å²) in [5.74, 6) is -0.354. The Bertz CT molecular complexity index is 856. The molecule has 2 aromatic rings. The number of nitriles is 1. The van der Waals surface area contributed by atoms with E-state index in [1.807, 2.05) is 19.1 Å². The second-order valence-electron chi connectivity index (χ2n) is 6.07. The van der Waals surface area contributed by atoms with Crippen molar-refractivity contribution in [2.45, 2.75) is 44.7 Å². The van der Waals surface area contributed by atoms with Crippen LogP contribution in [0.4, 0.5) is 0 Å². The molecule has 0 bridgehead atoms. The number of aromatic nitrogens is 2. The van der Waals surface area contributed by atoms with E-state index in [1.165, 1.54) is 6.07 Å². The van der Waals surface area contributed by atoms with E-state index in [9.17, 15) is 14.9 Å². The van der Waals surface area contributed by atoms with Gasteiger partial charge in [-0.1, -0.05) is 0 Å². The van der Waals surface area contributed by atoms with E-state index >= 15 is 0 Å². The second kappa shape index (κ2) is 6.57. The molecule has 0 radical (unpaired) electrons. The van der Waals surface area contributed by atoms with Crippen LogP contribution in [0.3, 0.4) is 0 Å². The van der Waals surface area contributed by atoms with Crippen LogP contribution in [0.15, 0.2) is 29.1 Å². The fraction of sp³-hybridized carbons (Fsp3) is 0.412. The zero-order valence-corrected chi connectivity index (χ0v) is 14.2. The molecular formula is C17H18N4O2S. The highest BCUT2D eigenvalue weighted by Gasteiger charge is 2.35. The van der Waals surface area contributed by atoms with Gasteiger partial charge in [0.05, 0.1) is 10.9 Å². The van der Waals surface area contributed by atoms with E-state index in [-0.39, 0.29) is 18.0 Å². The number of rotatable bonds is 4. The summed E-state index contributed by atoms with van der Waals surface area (Å²) in [6, 6.07) is 9.22. The molecule has 1 aliphatic carbocycles. The molecule has 0 unspecified atom stereocenters. The lowest BCUT2D eigenvalue weighted by Gasteiger charge is -2.22. The maximum Gasteiger partial charge on any atom is 0.267 e. The van der Waals surface area contributed by atoms with Crippen LogP contribution in [-0.4, -0.2) is 21.2 Å². The SMILES string of the molecule is Cc1ccc(-c2ccc(=O)n(CC(=O)NC3(C#N)CCCC3)n2)s1. The van der Waals surface area contributed by atoms with Gasteiger partial charge in [-0.3, -0.25) is 9.59 Å². The van der Waals surface area contributed by atoms with Crippen LogP contribution in [0.25, 0.3) is 10.6 Å². The molecule has 0 spiro atoms. The van der Waals surface area contributed by atoms with E-state index in [1.54, 1.807) is 17.4 Å². The van der Waals surface area contributed by atoms with Gasteiger partial charge in [0.1, 0.15) is 17.8 Å². The van der Waals surface area contributed by atoms with Gasteiger partial charge in [0.2, 0.25) is 5.91 Å². The molecule has 124 valence electrons. The van der Waals surface area contributed by atoms with Gasteiger partial charge in [0.15, 0.2) is 0 Å². The van der Waals surface area contributed by atoms with E-state index in [4.69, 9.17) is 0 Å². The molecular weight excluding hydrogens is 324 g/mol. The molecule has 1 N–H and O–H groups in total. The molecule has 0 aromatic carbocycles. The summed E-state index contributed by atoms with van der Waals surface area (Å²) in [7, 11) is 0. The van der Waals surface area contributed by atoms with Gasteiger partial charge in [0, 0.05) is 10.9 Å². The summed E-state index contributed by atoms with van der Waals surface area (Å²) < 4.78 is 1.15. The monoisotopic (exact) mass is 342 g/mol. The summed E-state index contributed by atoms with van der Waals surface area (Å²) in [5, 5.41) is 16.4. The predicted molar refractivity (Wildman–Crippen MR) is 91.5 cm³/mol. The summed E-state index contributed by atoms with van der Waals surface area (Å²) in [6.45, 7) is 1.82. The van der Waals surface area contributed by atoms with Gasteiger partial charge >= 0.3 is 0 Å². The van der Waals surface area contributed by atoms with E-state index in [0.717, 1.165) is 27.3 Å². The van der Waals surface area contributed by atoms with Crippen molar-refractivity contribution in [2.75, 3.05) is 0 Å². The van der Waals surface area contributed by atoms with Gasteiger partial charge in [-0.2, -0.15) is 10.4 Å². The number of hydrogen-bond acceptors (Lipinski definition) is 5. The molecule has 2 aromatic heterocycles. The minimum absolute atomic E-state index is 0.180. The maximum atomic E-state index is 12.3. The molecule has 1 aliphatic rings. The molecule has 1 amide bonds. The van der Waals surface area contributed by atoms with Crippen LogP contribution in [-0.2, 0) is 11.3 Å². The first-order valence-electron chi connectivity index (χ1n) is 7.89. The molecule has 0 saturated heterocycles. The highest BCUT2D eigenvalue weighted by atomic mass is 32.1. The summed E-state index contributed by atoms with van der Waals surface area (Å²) in [4.78, 5) is 26.4. The summed E-state index contributed by atoms with van der Waals surface area (Å²) in [6.07, 6.45) is 3.18. The number of hydrogen-bond donors (Lipinski definition) is 1. The highest BCUT2D eigenvalue weighted by molar-refractivity contribution is 7.15. The van der Waals surface area contributed by atoms with Crippen LogP contribution in [0.1, 0.15) is 30.6 Å². The second-order valence-corrected chi connectivity index (χ2v) is 7.36. The van der Waals surface area contributed by atoms with Crippen molar-refractivity contribution in [2.24, 2.45) is 0 Å². The molecule has 0 aliphatic heterocycles. The zero-order valence-electron chi connectivity index (χ0n) is 13.4. The Labute approximate surface area is 143 Å². The minimum atomic E-state index is -0.789. The van der Waals surface area contributed by atoms with E-state index in [2.05, 4.69) is 16.5 Å². The Morgan fingerprint density at radius 3 is 2.75 bits per heavy atom. The topological polar surface area (TPSA) is 87.8 Å². The Morgan fingerprint density at radius 1 is 1.38 bits per heavy atom. The van der Waals surface area contributed by atoms with Crippen molar-refractivity contribution in [3.8, 4) is 16.6 Å². The Kier molecular flexibility index (Phi) is 4.49. The van der Waals surface area contributed by atoms with Crippen molar-refractivity contribution in [3.05, 3.63) is 39.5 Å². The van der Waals surface area contributed by atoms with Crippen molar-refractivity contribution in [1.82, 2.24) is 15.1 Å². The maximum absolute atomic E-state index is 12.3. The van der Waals surface area contributed by atoms with Gasteiger partial charge in [-0.15, -0.1) is 11.3 Å². The first-order valence-corrected chi connectivity index (χ1v) is 8.70. The Morgan fingerprint density at radius 2 is 2.12 bits per heavy atom. The lowest BCUT2D eigenvalue weighted by Crippen LogP contribution is -2.47. The molecule has 0 atom stereocenters. The quantitative estimate of drug-likeness (QED) is 0.923. The number of carbonyl (C=O) groups is 1. The molecule has 1 fully saturated rings. The fourth-order valence-corrected chi connectivity index (χ4v) is 3.78. The Hall–Kier alpha value is -2.46. The van der Waals surface area contributed by atoms with Crippen LogP contribution < -0.4 is 10.9 Å². The van der Waals surface area contributed by atoms with Gasteiger partial charge < -0.3 is 5.32 Å². The number of aryl methyl sites for hydroxylation is 1. The molecule has 2 heterocycles. The molecule has 24 heavy (non-hydrogen) atoms. The number of amides is 1. The van der Waals surface area contributed by atoms with Crippen LogP contribution in [0.2, 0.25) is 0 Å². The first kappa shape index (κ1) is 16.4. The van der Waals surface area contributed by atoms with Gasteiger partial charge in [-0.05, 0) is 50.8 Å². The number of thiophene rings is 1. The largest absolute Gasteiger partial charge is 0.336 e. The highest BCUT2D eigenvalue weighted by Crippen LogP contribution is 2.29. The summed E-state index contributed by atoms with van der Waals surface area (Å²) >= 11 is 1.58. The number of nitrogens with one attached hydrogen (secondary N) is 1. The van der Waals surface area contributed by atoms with Crippen LogP contribution in [0, 0.1) is 18.3 Å². The average molecular weight is 342 g/mol. The number of nitrogens with zero attached hydrogens (tertiary/aromatic N) is 3. The van der Waals surface area contributed by atoms with Crippen LogP contribution in [0.5, 0.6) is 0 Å². The molecule has 3 rings (SSSR count). The third-order valence-electron chi connectivity index (χ3n) is 4.20. The number of carbonyl (C=O) groups excluding carboxylic acids is 1. The van der Waals surface area contributed by atoms with Crippen molar-refractivity contribution >= 4 is 17.2 Å². The lowest BCUT2D eigenvalue weighted by atomic mass is 10.00. The summed E-state index contributed by atoms with van der Waals surface area (Å²) in [5.41, 5.74) is -0.459. The van der Waals surface area contributed by atoms with E-state index in [0.29, 0.717) is 18.5 Å². The zero-order chi connectivity index (χ0) is 17.2. The standard InChI is InChI=1S/C17H18N4O2S/c1-12-4-6-14(24-12)13-5-7-16(23)21(20-13)10-15(22)19-17(11-18)8-2-3-9-17/h4-7H,2-3,8-10H2,1H3,(H,19,22). The van der Waals surface area contributed by atoms with Gasteiger partial charge in [0.25, 0.3) is 5.56 Å².